The van der Waals surface area contributed by atoms with Crippen molar-refractivity contribution in [2.75, 3.05) is 5.32 Å². The van der Waals surface area contributed by atoms with E-state index in [-0.39, 0.29) is 17.9 Å². The summed E-state index contributed by atoms with van der Waals surface area (Å²) in [7, 11) is 0. The first-order chi connectivity index (χ1) is 12.4. The van der Waals surface area contributed by atoms with Gasteiger partial charge in [0.05, 0.1) is 11.3 Å². The molecule has 0 saturated carbocycles. The SMILES string of the molecule is CC[C@H](C)NC(=O)c1ccccc1NC(=O)[C@@H](C)Oc1cccc(C)c1. The number of benzene rings is 2. The highest BCUT2D eigenvalue weighted by molar-refractivity contribution is 6.04. The standard InChI is InChI=1S/C21H26N2O3/c1-5-15(3)22-21(25)18-11-6-7-12-19(18)23-20(24)16(4)26-17-10-8-9-14(2)13-17/h6-13,15-16H,5H2,1-4H3,(H,22,25)(H,23,24)/t15-,16+/m0/s1. The zero-order chi connectivity index (χ0) is 19.1. The smallest absolute Gasteiger partial charge is 0.265 e. The summed E-state index contributed by atoms with van der Waals surface area (Å²) in [5.74, 6) is 0.119. The summed E-state index contributed by atoms with van der Waals surface area (Å²) in [6.45, 7) is 7.59. The van der Waals surface area contributed by atoms with Crippen LogP contribution in [0.1, 0.15) is 43.1 Å². The van der Waals surface area contributed by atoms with E-state index in [0.29, 0.717) is 17.0 Å². The maximum Gasteiger partial charge on any atom is 0.265 e. The van der Waals surface area contributed by atoms with Crippen LogP contribution in [0.3, 0.4) is 0 Å². The van der Waals surface area contributed by atoms with Gasteiger partial charge in [-0.25, -0.2) is 0 Å². The number of amides is 2. The predicted molar refractivity (Wildman–Crippen MR) is 104 cm³/mol. The van der Waals surface area contributed by atoms with Crippen LogP contribution in [0.25, 0.3) is 0 Å². The Kier molecular flexibility index (Phi) is 6.78. The van der Waals surface area contributed by atoms with Crippen LogP contribution in [0.2, 0.25) is 0 Å². The maximum absolute atomic E-state index is 12.5. The average molecular weight is 354 g/mol. The van der Waals surface area contributed by atoms with E-state index >= 15 is 0 Å². The first-order valence-electron chi connectivity index (χ1n) is 8.84. The molecule has 2 aromatic rings. The molecule has 0 saturated heterocycles. The second kappa shape index (κ2) is 9.04. The highest BCUT2D eigenvalue weighted by Gasteiger charge is 2.19. The van der Waals surface area contributed by atoms with Crippen molar-refractivity contribution in [2.24, 2.45) is 0 Å². The predicted octanol–water partition coefficient (Wildman–Crippen LogP) is 3.93. The summed E-state index contributed by atoms with van der Waals surface area (Å²) >= 11 is 0. The average Bonchev–Trinajstić information content (AvgIpc) is 2.61. The van der Waals surface area contributed by atoms with Gasteiger partial charge in [-0.2, -0.15) is 0 Å². The number of hydrogen-bond donors (Lipinski definition) is 2. The van der Waals surface area contributed by atoms with E-state index in [1.54, 1.807) is 31.2 Å². The molecule has 0 unspecified atom stereocenters. The molecule has 2 atom stereocenters. The fourth-order valence-corrected chi connectivity index (χ4v) is 2.37. The van der Waals surface area contributed by atoms with Gasteiger partial charge in [0.1, 0.15) is 5.75 Å². The fraction of sp³-hybridized carbons (Fsp3) is 0.333. The first kappa shape index (κ1) is 19.5. The summed E-state index contributed by atoms with van der Waals surface area (Å²) in [5, 5.41) is 5.71. The van der Waals surface area contributed by atoms with Gasteiger partial charge in [0.2, 0.25) is 0 Å². The van der Waals surface area contributed by atoms with Gasteiger partial charge in [-0.15, -0.1) is 0 Å². The van der Waals surface area contributed by atoms with Crippen molar-refractivity contribution >= 4 is 17.5 Å². The van der Waals surface area contributed by atoms with Crippen LogP contribution in [-0.4, -0.2) is 24.0 Å². The van der Waals surface area contributed by atoms with E-state index in [2.05, 4.69) is 10.6 Å². The fourth-order valence-electron chi connectivity index (χ4n) is 2.37. The Bertz CT molecular complexity index is 773. The normalized spacial score (nSPS) is 12.8. The molecule has 0 heterocycles. The Labute approximate surface area is 154 Å². The second-order valence-corrected chi connectivity index (χ2v) is 6.39. The first-order valence-corrected chi connectivity index (χ1v) is 8.84. The Morgan fingerprint density at radius 2 is 1.81 bits per heavy atom. The van der Waals surface area contributed by atoms with E-state index in [1.165, 1.54) is 0 Å². The third-order valence-electron chi connectivity index (χ3n) is 4.09. The lowest BCUT2D eigenvalue weighted by atomic mass is 10.1. The molecule has 0 aliphatic heterocycles. The van der Waals surface area contributed by atoms with Gasteiger partial charge in [0.25, 0.3) is 11.8 Å². The number of nitrogens with one attached hydrogen (secondary N) is 2. The Hall–Kier alpha value is -2.82. The van der Waals surface area contributed by atoms with Crippen molar-refractivity contribution in [3.8, 4) is 5.75 Å². The zero-order valence-corrected chi connectivity index (χ0v) is 15.7. The number of aryl methyl sites for hydroxylation is 1. The minimum atomic E-state index is -0.692. The van der Waals surface area contributed by atoms with Crippen molar-refractivity contribution in [2.45, 2.75) is 46.3 Å². The Morgan fingerprint density at radius 3 is 2.50 bits per heavy atom. The molecule has 26 heavy (non-hydrogen) atoms. The summed E-state index contributed by atoms with van der Waals surface area (Å²) in [6.07, 6.45) is 0.143. The van der Waals surface area contributed by atoms with Gasteiger partial charge in [0, 0.05) is 6.04 Å². The van der Waals surface area contributed by atoms with E-state index in [9.17, 15) is 9.59 Å². The molecule has 5 heteroatoms. The molecular weight excluding hydrogens is 328 g/mol. The summed E-state index contributed by atoms with van der Waals surface area (Å²) in [4.78, 5) is 24.9. The van der Waals surface area contributed by atoms with Crippen LogP contribution >= 0.6 is 0 Å². The highest BCUT2D eigenvalue weighted by atomic mass is 16.5. The molecule has 2 aromatic carbocycles. The van der Waals surface area contributed by atoms with Crippen molar-refractivity contribution in [3.05, 3.63) is 59.7 Å². The molecule has 2 amide bonds. The van der Waals surface area contributed by atoms with Crippen LogP contribution in [0.4, 0.5) is 5.69 Å². The summed E-state index contributed by atoms with van der Waals surface area (Å²) in [5.41, 5.74) is 1.96. The third-order valence-corrected chi connectivity index (χ3v) is 4.09. The van der Waals surface area contributed by atoms with Crippen molar-refractivity contribution < 1.29 is 14.3 Å². The Morgan fingerprint density at radius 1 is 1.08 bits per heavy atom. The summed E-state index contributed by atoms with van der Waals surface area (Å²) in [6, 6.07) is 14.5. The van der Waals surface area contributed by atoms with Crippen molar-refractivity contribution in [3.63, 3.8) is 0 Å². The summed E-state index contributed by atoms with van der Waals surface area (Å²) < 4.78 is 5.70. The van der Waals surface area contributed by atoms with Gasteiger partial charge in [-0.1, -0.05) is 31.2 Å². The highest BCUT2D eigenvalue weighted by Crippen LogP contribution is 2.18. The lowest BCUT2D eigenvalue weighted by Crippen LogP contribution is -2.34. The number of hydrogen-bond acceptors (Lipinski definition) is 3. The van der Waals surface area contributed by atoms with Crippen molar-refractivity contribution in [1.82, 2.24) is 5.32 Å². The largest absolute Gasteiger partial charge is 0.481 e. The molecule has 0 spiro atoms. The van der Waals surface area contributed by atoms with Gasteiger partial charge >= 0.3 is 0 Å². The van der Waals surface area contributed by atoms with E-state index < -0.39 is 6.10 Å². The second-order valence-electron chi connectivity index (χ2n) is 6.39. The molecule has 2 rings (SSSR count). The lowest BCUT2D eigenvalue weighted by molar-refractivity contribution is -0.122. The topological polar surface area (TPSA) is 67.4 Å². The molecule has 138 valence electrons. The number of anilines is 1. The number of ether oxygens (including phenoxy) is 1. The molecule has 0 radical (unpaired) electrons. The Balaban J connectivity index is 2.07. The quantitative estimate of drug-likeness (QED) is 0.792. The van der Waals surface area contributed by atoms with Crippen LogP contribution in [-0.2, 0) is 4.79 Å². The third kappa shape index (κ3) is 5.34. The minimum absolute atomic E-state index is 0.0647. The molecule has 5 nitrogen and oxygen atoms in total. The van der Waals surface area contributed by atoms with E-state index in [1.807, 2.05) is 45.0 Å². The van der Waals surface area contributed by atoms with Crippen LogP contribution < -0.4 is 15.4 Å². The molecule has 0 bridgehead atoms. The molecule has 0 fully saturated rings. The van der Waals surface area contributed by atoms with Crippen LogP contribution in [0.15, 0.2) is 48.5 Å². The van der Waals surface area contributed by atoms with E-state index in [4.69, 9.17) is 4.74 Å². The molecular formula is C21H26N2O3. The number of rotatable bonds is 7. The number of carbonyl (C=O) groups excluding carboxylic acids is 2. The molecule has 0 aliphatic rings. The minimum Gasteiger partial charge on any atom is -0.481 e. The van der Waals surface area contributed by atoms with Gasteiger partial charge in [0.15, 0.2) is 6.10 Å². The van der Waals surface area contributed by atoms with Crippen molar-refractivity contribution in [1.29, 1.82) is 0 Å². The van der Waals surface area contributed by atoms with Crippen LogP contribution in [0, 0.1) is 6.92 Å². The molecule has 0 aliphatic carbocycles. The zero-order valence-electron chi connectivity index (χ0n) is 15.7. The van der Waals surface area contributed by atoms with Gasteiger partial charge < -0.3 is 15.4 Å². The number of carbonyl (C=O) groups is 2. The lowest BCUT2D eigenvalue weighted by Gasteiger charge is -2.17. The van der Waals surface area contributed by atoms with Gasteiger partial charge in [-0.3, -0.25) is 9.59 Å². The number of para-hydroxylation sites is 1. The monoisotopic (exact) mass is 354 g/mol. The molecule has 0 aromatic heterocycles. The van der Waals surface area contributed by atoms with E-state index in [0.717, 1.165) is 12.0 Å². The van der Waals surface area contributed by atoms with Crippen LogP contribution in [0.5, 0.6) is 5.75 Å². The molecule has 2 N–H and O–H groups in total. The van der Waals surface area contributed by atoms with Gasteiger partial charge in [-0.05, 0) is 57.0 Å². The maximum atomic E-state index is 12.5.